The maximum atomic E-state index is 13.6. The number of aryl methyl sites for hydroxylation is 1. The van der Waals surface area contributed by atoms with Crippen molar-refractivity contribution in [3.05, 3.63) is 47.0 Å². The Labute approximate surface area is 144 Å². The van der Waals surface area contributed by atoms with Gasteiger partial charge in [0.15, 0.2) is 22.9 Å². The Morgan fingerprint density at radius 2 is 1.96 bits per heavy atom. The summed E-state index contributed by atoms with van der Waals surface area (Å²) in [7, 11) is 1.28. The highest BCUT2D eigenvalue weighted by Gasteiger charge is 2.40. The predicted molar refractivity (Wildman–Crippen MR) is 83.2 cm³/mol. The van der Waals surface area contributed by atoms with Gasteiger partial charge in [0.05, 0.1) is 12.8 Å². The fourth-order valence-electron chi connectivity index (χ4n) is 2.56. The van der Waals surface area contributed by atoms with Crippen molar-refractivity contribution in [2.75, 3.05) is 7.11 Å². The Bertz CT molecular complexity index is 1030. The molecule has 6 nitrogen and oxygen atoms in total. The molecule has 3 rings (SSSR count). The molecule has 0 aliphatic heterocycles. The first kappa shape index (κ1) is 17.6. The summed E-state index contributed by atoms with van der Waals surface area (Å²) >= 11 is 0. The third-order valence-corrected chi connectivity index (χ3v) is 3.73. The highest BCUT2D eigenvalue weighted by atomic mass is 19.4. The van der Waals surface area contributed by atoms with Crippen LogP contribution in [-0.2, 0) is 6.18 Å². The standard InChI is InChI=1S/C16H12F4N4O2/c1-7-5-10(8-3-4-9(17)11(6-8)26-2)22-15-12(14(21)25)13(16(18,19)20)23-24(7)15/h3-6H,1-2H3,(H2,21,25). The van der Waals surface area contributed by atoms with Gasteiger partial charge >= 0.3 is 6.18 Å². The zero-order valence-electron chi connectivity index (χ0n) is 13.6. The third kappa shape index (κ3) is 2.83. The van der Waals surface area contributed by atoms with Gasteiger partial charge in [0.1, 0.15) is 5.56 Å². The van der Waals surface area contributed by atoms with Crippen LogP contribution in [0.4, 0.5) is 17.6 Å². The van der Waals surface area contributed by atoms with Crippen LogP contribution in [0, 0.1) is 12.7 Å². The summed E-state index contributed by atoms with van der Waals surface area (Å²) in [5, 5.41) is 3.43. The van der Waals surface area contributed by atoms with Gasteiger partial charge in [-0.25, -0.2) is 13.9 Å². The summed E-state index contributed by atoms with van der Waals surface area (Å²) in [5.74, 6) is -1.95. The first-order chi connectivity index (χ1) is 12.1. The van der Waals surface area contributed by atoms with E-state index in [1.165, 1.54) is 32.2 Å². The number of nitrogens with zero attached hydrogens (tertiary/aromatic N) is 3. The van der Waals surface area contributed by atoms with Crippen LogP contribution in [0.5, 0.6) is 5.75 Å². The van der Waals surface area contributed by atoms with Gasteiger partial charge in [-0.1, -0.05) is 0 Å². The smallest absolute Gasteiger partial charge is 0.436 e. The molecule has 136 valence electrons. The molecule has 1 amide bonds. The zero-order chi connectivity index (χ0) is 19.2. The van der Waals surface area contributed by atoms with Crippen molar-refractivity contribution in [1.29, 1.82) is 0 Å². The number of carbonyl (C=O) groups is 1. The van der Waals surface area contributed by atoms with E-state index in [4.69, 9.17) is 10.5 Å². The summed E-state index contributed by atoms with van der Waals surface area (Å²) in [6, 6.07) is 5.33. The molecule has 0 fully saturated rings. The molecule has 0 saturated heterocycles. The van der Waals surface area contributed by atoms with Crippen molar-refractivity contribution in [3.8, 4) is 17.0 Å². The summed E-state index contributed by atoms with van der Waals surface area (Å²) in [4.78, 5) is 15.7. The second-order valence-electron chi connectivity index (χ2n) is 5.45. The van der Waals surface area contributed by atoms with Gasteiger partial charge in [-0.15, -0.1) is 0 Å². The lowest BCUT2D eigenvalue weighted by Crippen LogP contribution is -2.18. The molecule has 0 radical (unpaired) electrons. The average molecular weight is 368 g/mol. The van der Waals surface area contributed by atoms with Gasteiger partial charge in [-0.2, -0.15) is 18.3 Å². The SMILES string of the molecule is COc1cc(-c2cc(C)n3nc(C(F)(F)F)c(C(N)=O)c3n2)ccc1F. The van der Waals surface area contributed by atoms with Gasteiger partial charge < -0.3 is 10.5 Å². The number of rotatable bonds is 3. The summed E-state index contributed by atoms with van der Waals surface area (Å²) in [5.41, 5.74) is 3.45. The van der Waals surface area contributed by atoms with E-state index in [9.17, 15) is 22.4 Å². The maximum Gasteiger partial charge on any atom is 0.436 e. The number of benzene rings is 1. The van der Waals surface area contributed by atoms with Crippen LogP contribution in [0.25, 0.3) is 16.9 Å². The number of ether oxygens (including phenoxy) is 1. The normalized spacial score (nSPS) is 11.8. The molecule has 0 atom stereocenters. The lowest BCUT2D eigenvalue weighted by atomic mass is 10.1. The van der Waals surface area contributed by atoms with E-state index in [0.29, 0.717) is 5.56 Å². The second kappa shape index (κ2) is 5.97. The lowest BCUT2D eigenvalue weighted by Gasteiger charge is -2.08. The van der Waals surface area contributed by atoms with E-state index < -0.39 is 29.2 Å². The fourth-order valence-corrected chi connectivity index (χ4v) is 2.56. The van der Waals surface area contributed by atoms with Crippen LogP contribution in [-0.4, -0.2) is 27.6 Å². The predicted octanol–water partition coefficient (Wildman–Crippen LogP) is 2.97. The molecule has 2 aromatic heterocycles. The number of alkyl halides is 3. The largest absolute Gasteiger partial charge is 0.494 e. The molecule has 2 heterocycles. The van der Waals surface area contributed by atoms with Crippen LogP contribution >= 0.6 is 0 Å². The number of carbonyl (C=O) groups excluding carboxylic acids is 1. The van der Waals surface area contributed by atoms with Crippen molar-refractivity contribution in [2.45, 2.75) is 13.1 Å². The summed E-state index contributed by atoms with van der Waals surface area (Å²) in [6.07, 6.45) is -4.87. The van der Waals surface area contributed by atoms with Gasteiger partial charge in [-0.05, 0) is 31.2 Å². The fraction of sp³-hybridized carbons (Fsp3) is 0.188. The van der Waals surface area contributed by atoms with Crippen LogP contribution in [0.1, 0.15) is 21.7 Å². The monoisotopic (exact) mass is 368 g/mol. The number of nitrogens with two attached hydrogens (primary N) is 1. The number of fused-ring (bicyclic) bond motifs is 1. The lowest BCUT2D eigenvalue weighted by molar-refractivity contribution is -0.141. The molecule has 3 aromatic rings. The Balaban J connectivity index is 2.31. The van der Waals surface area contributed by atoms with E-state index in [1.54, 1.807) is 0 Å². The van der Waals surface area contributed by atoms with Gasteiger partial charge in [-0.3, -0.25) is 4.79 Å². The molecule has 0 unspecified atom stereocenters. The van der Waals surface area contributed by atoms with Gasteiger partial charge in [0.25, 0.3) is 5.91 Å². The number of halogens is 4. The first-order valence-electron chi connectivity index (χ1n) is 7.24. The molecule has 0 spiro atoms. The number of methoxy groups -OCH3 is 1. The van der Waals surface area contributed by atoms with Crippen molar-refractivity contribution in [3.63, 3.8) is 0 Å². The summed E-state index contributed by atoms with van der Waals surface area (Å²) < 4.78 is 58.9. The van der Waals surface area contributed by atoms with E-state index >= 15 is 0 Å². The van der Waals surface area contributed by atoms with E-state index in [0.717, 1.165) is 10.6 Å². The first-order valence-corrected chi connectivity index (χ1v) is 7.24. The van der Waals surface area contributed by atoms with E-state index in [1.807, 2.05) is 0 Å². The molecule has 0 saturated carbocycles. The van der Waals surface area contributed by atoms with Crippen LogP contribution in [0.3, 0.4) is 0 Å². The number of primary amides is 1. The molecule has 2 N–H and O–H groups in total. The Hall–Kier alpha value is -3.17. The second-order valence-corrected chi connectivity index (χ2v) is 5.45. The zero-order valence-corrected chi connectivity index (χ0v) is 13.6. The van der Waals surface area contributed by atoms with Gasteiger partial charge in [0.2, 0.25) is 0 Å². The van der Waals surface area contributed by atoms with Gasteiger partial charge in [0, 0.05) is 11.3 Å². The minimum absolute atomic E-state index is 0.0542. The maximum absolute atomic E-state index is 13.6. The van der Waals surface area contributed by atoms with Crippen LogP contribution in [0.15, 0.2) is 24.3 Å². The van der Waals surface area contributed by atoms with E-state index in [2.05, 4.69) is 10.1 Å². The Kier molecular flexibility index (Phi) is 4.05. The molecule has 0 aliphatic rings. The minimum Gasteiger partial charge on any atom is -0.494 e. The molecule has 0 bridgehead atoms. The topological polar surface area (TPSA) is 82.5 Å². The Morgan fingerprint density at radius 1 is 1.27 bits per heavy atom. The van der Waals surface area contributed by atoms with Crippen molar-refractivity contribution < 1.29 is 27.1 Å². The summed E-state index contributed by atoms with van der Waals surface area (Å²) in [6.45, 7) is 1.50. The Morgan fingerprint density at radius 3 is 2.54 bits per heavy atom. The highest BCUT2D eigenvalue weighted by Crippen LogP contribution is 2.34. The van der Waals surface area contributed by atoms with Crippen molar-refractivity contribution in [2.24, 2.45) is 5.73 Å². The molecule has 1 aromatic carbocycles. The number of aromatic nitrogens is 3. The van der Waals surface area contributed by atoms with E-state index in [-0.39, 0.29) is 22.8 Å². The van der Waals surface area contributed by atoms with Crippen LogP contribution < -0.4 is 10.5 Å². The van der Waals surface area contributed by atoms with Crippen molar-refractivity contribution >= 4 is 11.6 Å². The van der Waals surface area contributed by atoms with Crippen molar-refractivity contribution in [1.82, 2.24) is 14.6 Å². The third-order valence-electron chi connectivity index (χ3n) is 3.73. The molecule has 26 heavy (non-hydrogen) atoms. The highest BCUT2D eigenvalue weighted by molar-refractivity contribution is 6.00. The quantitative estimate of drug-likeness (QED) is 0.721. The molecular formula is C16H12F4N4O2. The number of amides is 1. The molecule has 10 heteroatoms. The number of hydrogen-bond acceptors (Lipinski definition) is 4. The van der Waals surface area contributed by atoms with Crippen LogP contribution in [0.2, 0.25) is 0 Å². The molecular weight excluding hydrogens is 356 g/mol. The minimum atomic E-state index is -4.87. The average Bonchev–Trinajstić information content (AvgIpc) is 2.95. The number of hydrogen-bond donors (Lipinski definition) is 1. The molecule has 0 aliphatic carbocycles.